The van der Waals surface area contributed by atoms with Crippen LogP contribution in [0.4, 0.5) is 0 Å². The molecule has 0 radical (unpaired) electrons. The maximum Gasteiger partial charge on any atom is 0.0708 e. The maximum atomic E-state index is 7.90. The quantitative estimate of drug-likeness (QED) is 0.618. The zero-order chi connectivity index (χ0) is 22.3. The van der Waals surface area contributed by atoms with Crippen molar-refractivity contribution in [3.05, 3.63) is 77.5 Å². The van der Waals surface area contributed by atoms with E-state index in [-0.39, 0.29) is 27.8 Å². The van der Waals surface area contributed by atoms with Crippen molar-refractivity contribution in [2.24, 2.45) is 0 Å². The van der Waals surface area contributed by atoms with E-state index in [2.05, 4.69) is 4.98 Å². The van der Waals surface area contributed by atoms with E-state index >= 15 is 0 Å². The first-order valence-electron chi connectivity index (χ1n) is 11.0. The highest BCUT2D eigenvalue weighted by Gasteiger charge is 2.08. The molecule has 0 saturated heterocycles. The molecule has 104 valence electrons. The Morgan fingerprint density at radius 1 is 0.810 bits per heavy atom. The molecule has 1 heterocycles. The summed E-state index contributed by atoms with van der Waals surface area (Å²) in [5, 5.41) is 0. The molecular formula is C20H19N. The molecule has 0 fully saturated rings. The van der Waals surface area contributed by atoms with Gasteiger partial charge >= 0.3 is 0 Å². The van der Waals surface area contributed by atoms with Crippen LogP contribution in [-0.4, -0.2) is 4.98 Å². The van der Waals surface area contributed by atoms with Gasteiger partial charge in [-0.2, -0.15) is 0 Å². The second-order valence-corrected chi connectivity index (χ2v) is 4.74. The minimum absolute atomic E-state index is 0.102. The van der Waals surface area contributed by atoms with Crippen LogP contribution in [0.15, 0.2) is 60.8 Å². The van der Waals surface area contributed by atoms with Crippen LogP contribution in [0.3, 0.4) is 0 Å². The van der Waals surface area contributed by atoms with E-state index in [0.717, 1.165) is 11.6 Å². The van der Waals surface area contributed by atoms with Crippen molar-refractivity contribution in [3.63, 3.8) is 0 Å². The number of hydrogen-bond acceptors (Lipinski definition) is 1. The van der Waals surface area contributed by atoms with E-state index in [4.69, 9.17) is 12.3 Å². The number of nitrogens with zero attached hydrogens (tertiary/aromatic N) is 1. The van der Waals surface area contributed by atoms with Gasteiger partial charge in [0.15, 0.2) is 0 Å². The zero-order valence-corrected chi connectivity index (χ0v) is 11.2. The predicted molar refractivity (Wildman–Crippen MR) is 89.3 cm³/mol. The predicted octanol–water partition coefficient (Wildman–Crippen LogP) is 5.34. The second kappa shape index (κ2) is 5.53. The van der Waals surface area contributed by atoms with Crippen LogP contribution in [0, 0.1) is 20.6 Å². The maximum absolute atomic E-state index is 7.90. The number of aryl methyl sites for hydroxylation is 3. The molecule has 0 bridgehead atoms. The van der Waals surface area contributed by atoms with Crippen LogP contribution in [-0.2, 0) is 0 Å². The molecule has 2 aromatic carbocycles. The van der Waals surface area contributed by atoms with Gasteiger partial charge in [0.2, 0.25) is 0 Å². The molecule has 0 aliphatic rings. The molecule has 0 aliphatic carbocycles. The van der Waals surface area contributed by atoms with Gasteiger partial charge in [-0.3, -0.25) is 4.98 Å². The number of hydrogen-bond donors (Lipinski definition) is 0. The molecular weight excluding hydrogens is 254 g/mol. The molecule has 1 nitrogen and oxygen atoms in total. The summed E-state index contributed by atoms with van der Waals surface area (Å²) in [6.45, 7) is -7.66. The van der Waals surface area contributed by atoms with Gasteiger partial charge in [0, 0.05) is 24.1 Å². The molecule has 1 heteroatoms. The average molecular weight is 282 g/mol. The smallest absolute Gasteiger partial charge is 0.0708 e. The number of benzene rings is 2. The van der Waals surface area contributed by atoms with Crippen molar-refractivity contribution in [1.29, 1.82) is 0 Å². The Hall–Kier alpha value is -2.41. The lowest BCUT2D eigenvalue weighted by atomic mass is 9.95. The third-order valence-corrected chi connectivity index (χ3v) is 3.28. The van der Waals surface area contributed by atoms with Gasteiger partial charge in [0.25, 0.3) is 0 Å². The zero-order valence-electron chi connectivity index (χ0n) is 20.2. The van der Waals surface area contributed by atoms with E-state index in [0.29, 0.717) is 5.69 Å². The standard InChI is InChI=1S/C20H19N/c1-14-9-10-18(15(2)11-14)19-12-20(21-13-16(19)3)17-7-5-4-6-8-17/h4-13H,1-3H3/i1D3,2D3,3D3. The lowest BCUT2D eigenvalue weighted by Crippen LogP contribution is -1.92. The fraction of sp³-hybridized carbons (Fsp3) is 0.150. The summed E-state index contributed by atoms with van der Waals surface area (Å²) in [4.78, 5) is 4.26. The minimum atomic E-state index is -2.64. The summed E-state index contributed by atoms with van der Waals surface area (Å²) >= 11 is 0. The molecule has 0 unspecified atom stereocenters. The fourth-order valence-corrected chi connectivity index (χ4v) is 2.22. The minimum Gasteiger partial charge on any atom is -0.256 e. The largest absolute Gasteiger partial charge is 0.256 e. The van der Waals surface area contributed by atoms with Crippen LogP contribution in [0.1, 0.15) is 29.0 Å². The number of aromatic nitrogens is 1. The molecule has 3 aromatic rings. The highest BCUT2D eigenvalue weighted by atomic mass is 14.7. The summed E-state index contributed by atoms with van der Waals surface area (Å²) in [7, 11) is 0. The molecule has 0 spiro atoms. The number of pyridine rings is 1. The van der Waals surface area contributed by atoms with Gasteiger partial charge in [-0.1, -0.05) is 54.1 Å². The van der Waals surface area contributed by atoms with Crippen molar-refractivity contribution in [3.8, 4) is 22.4 Å². The van der Waals surface area contributed by atoms with Gasteiger partial charge in [-0.05, 0) is 48.9 Å². The van der Waals surface area contributed by atoms with Gasteiger partial charge < -0.3 is 0 Å². The van der Waals surface area contributed by atoms with E-state index in [1.54, 1.807) is 0 Å². The van der Waals surface area contributed by atoms with Crippen molar-refractivity contribution >= 4 is 0 Å². The summed E-state index contributed by atoms with van der Waals surface area (Å²) in [5.41, 5.74) is 1.12. The van der Waals surface area contributed by atoms with Crippen molar-refractivity contribution in [2.45, 2.75) is 20.6 Å². The first-order valence-corrected chi connectivity index (χ1v) is 6.50. The van der Waals surface area contributed by atoms with Crippen molar-refractivity contribution in [1.82, 2.24) is 4.98 Å². The lowest BCUT2D eigenvalue weighted by molar-refractivity contribution is 1.26. The topological polar surface area (TPSA) is 12.9 Å². The Bertz CT molecular complexity index is 1050. The summed E-state index contributed by atoms with van der Waals surface area (Å²) in [6.07, 6.45) is 1.23. The lowest BCUT2D eigenvalue weighted by Gasteiger charge is -2.12. The van der Waals surface area contributed by atoms with E-state index < -0.39 is 20.6 Å². The second-order valence-electron chi connectivity index (χ2n) is 4.74. The van der Waals surface area contributed by atoms with Crippen molar-refractivity contribution < 1.29 is 12.3 Å². The van der Waals surface area contributed by atoms with Crippen LogP contribution in [0.5, 0.6) is 0 Å². The van der Waals surface area contributed by atoms with Crippen LogP contribution < -0.4 is 0 Å². The Morgan fingerprint density at radius 2 is 1.67 bits per heavy atom. The summed E-state index contributed by atoms with van der Waals surface area (Å²) < 4.78 is 70.1. The molecule has 1 aromatic heterocycles. The number of rotatable bonds is 2. The normalized spacial score (nSPS) is 18.8. The van der Waals surface area contributed by atoms with Gasteiger partial charge in [0.1, 0.15) is 0 Å². The highest BCUT2D eigenvalue weighted by Crippen LogP contribution is 2.30. The van der Waals surface area contributed by atoms with Crippen LogP contribution in [0.25, 0.3) is 22.4 Å². The fourth-order valence-electron chi connectivity index (χ4n) is 2.22. The van der Waals surface area contributed by atoms with E-state index in [1.165, 1.54) is 24.4 Å². The monoisotopic (exact) mass is 282 g/mol. The van der Waals surface area contributed by atoms with E-state index in [1.807, 2.05) is 30.3 Å². The van der Waals surface area contributed by atoms with Crippen LogP contribution in [0.2, 0.25) is 0 Å². The summed E-state index contributed by atoms with van der Waals surface area (Å²) in [6, 6.07) is 14.4. The molecule has 0 N–H and O–H groups in total. The Morgan fingerprint density at radius 3 is 2.43 bits per heavy atom. The Labute approximate surface area is 139 Å². The van der Waals surface area contributed by atoms with Gasteiger partial charge in [0.05, 0.1) is 5.69 Å². The Balaban J connectivity index is 2.33. The summed E-state index contributed by atoms with van der Waals surface area (Å²) in [5.74, 6) is 0. The molecule has 21 heavy (non-hydrogen) atoms. The molecule has 3 rings (SSSR count). The van der Waals surface area contributed by atoms with Gasteiger partial charge in [-0.15, -0.1) is 0 Å². The molecule has 0 atom stereocenters. The molecule has 0 saturated carbocycles. The van der Waals surface area contributed by atoms with Crippen molar-refractivity contribution in [2.75, 3.05) is 0 Å². The Kier molecular flexibility index (Phi) is 1.73. The van der Waals surface area contributed by atoms with Crippen LogP contribution >= 0.6 is 0 Å². The molecule has 0 aliphatic heterocycles. The first-order chi connectivity index (χ1) is 13.8. The molecule has 0 amide bonds. The first kappa shape index (κ1) is 6.57. The average Bonchev–Trinajstić information content (AvgIpc) is 2.65. The highest BCUT2D eigenvalue weighted by molar-refractivity contribution is 5.75. The van der Waals surface area contributed by atoms with Gasteiger partial charge in [-0.25, -0.2) is 0 Å². The third kappa shape index (κ3) is 2.73. The third-order valence-electron chi connectivity index (χ3n) is 3.28. The van der Waals surface area contributed by atoms with E-state index in [9.17, 15) is 0 Å². The SMILES string of the molecule is [2H]C([2H])([2H])c1ccc(-c2cc(-c3ccccc3)ncc2C([2H])([2H])[2H])c(C([2H])([2H])[2H])c1.